The number of piperidine rings is 3. The molecule has 0 spiro atoms. The van der Waals surface area contributed by atoms with Gasteiger partial charge in [-0.3, -0.25) is 14.5 Å². The van der Waals surface area contributed by atoms with Crippen LogP contribution in [0.5, 0.6) is 0 Å². The normalized spacial score (nSPS) is 26.1. The Balaban J connectivity index is 1.37. The van der Waals surface area contributed by atoms with E-state index >= 15 is 0 Å². The first-order valence-electron chi connectivity index (χ1n) is 9.79. The quantitative estimate of drug-likeness (QED) is 0.722. The molecule has 0 unspecified atom stereocenters. The number of aromatic nitrogens is 1. The summed E-state index contributed by atoms with van der Waals surface area (Å²) in [4.78, 5) is 30.5. The van der Waals surface area contributed by atoms with E-state index in [1.807, 2.05) is 36.4 Å². The van der Waals surface area contributed by atoms with Crippen molar-refractivity contribution in [3.05, 3.63) is 42.0 Å². The van der Waals surface area contributed by atoms with E-state index in [4.69, 9.17) is 0 Å². The van der Waals surface area contributed by atoms with Crippen molar-refractivity contribution in [1.82, 2.24) is 15.2 Å². The van der Waals surface area contributed by atoms with Crippen LogP contribution in [0.2, 0.25) is 0 Å². The Morgan fingerprint density at radius 2 is 1.82 bits per heavy atom. The minimum absolute atomic E-state index is 0.00923. The minimum Gasteiger partial charge on any atom is -0.347 e. The predicted molar refractivity (Wildman–Crippen MR) is 111 cm³/mol. The molecule has 148 valence electrons. The lowest BCUT2D eigenvalue weighted by Gasteiger charge is -2.49. The first-order chi connectivity index (χ1) is 13.5. The van der Waals surface area contributed by atoms with Gasteiger partial charge in [-0.25, -0.2) is 0 Å². The molecule has 1 aromatic heterocycles. The van der Waals surface area contributed by atoms with Crippen molar-refractivity contribution in [1.29, 1.82) is 0 Å². The number of hydrogen-bond acceptors (Lipinski definition) is 4. The lowest BCUT2D eigenvalue weighted by molar-refractivity contribution is -0.114. The molecule has 5 rings (SSSR count). The molecule has 2 atom stereocenters. The van der Waals surface area contributed by atoms with Crippen molar-refractivity contribution < 1.29 is 9.59 Å². The predicted octanol–water partition coefficient (Wildman–Crippen LogP) is 3.34. The molecule has 0 radical (unpaired) electrons. The zero-order chi connectivity index (χ0) is 19.7. The molecular formula is C21H26N4O2S. The number of benzene rings is 1. The Hall–Kier alpha value is -2.25. The van der Waals surface area contributed by atoms with Gasteiger partial charge in [0.1, 0.15) is 5.82 Å². The van der Waals surface area contributed by atoms with Gasteiger partial charge in [-0.1, -0.05) is 11.8 Å². The Bertz CT molecular complexity index is 854. The van der Waals surface area contributed by atoms with Crippen LogP contribution >= 0.6 is 11.8 Å². The fourth-order valence-electron chi connectivity index (χ4n) is 4.28. The SMILES string of the molecule is CC(=O)Nc1ccc(Sc2ccc(C(=O)N[C@@H]3C4CCN(CC4)[C@@H]3C)cc2)[nH]1. The molecule has 3 fully saturated rings. The van der Waals surface area contributed by atoms with Crippen LogP contribution in [0.1, 0.15) is 37.0 Å². The minimum atomic E-state index is -0.105. The number of nitrogens with one attached hydrogen (secondary N) is 3. The second kappa shape index (κ2) is 8.01. The van der Waals surface area contributed by atoms with Crippen LogP contribution in [0.4, 0.5) is 5.82 Å². The van der Waals surface area contributed by atoms with Crippen molar-refractivity contribution in [2.24, 2.45) is 5.92 Å². The average molecular weight is 399 g/mol. The second-order valence-electron chi connectivity index (χ2n) is 7.66. The van der Waals surface area contributed by atoms with Crippen molar-refractivity contribution in [3.8, 4) is 0 Å². The van der Waals surface area contributed by atoms with Gasteiger partial charge in [0.15, 0.2) is 0 Å². The highest BCUT2D eigenvalue weighted by Crippen LogP contribution is 2.32. The van der Waals surface area contributed by atoms with E-state index in [1.165, 1.54) is 19.8 Å². The molecular weight excluding hydrogens is 372 g/mol. The van der Waals surface area contributed by atoms with E-state index in [1.54, 1.807) is 11.8 Å². The molecule has 3 aliphatic rings. The molecule has 28 heavy (non-hydrogen) atoms. The maximum atomic E-state index is 12.7. The number of anilines is 1. The lowest BCUT2D eigenvalue weighted by Crippen LogP contribution is -2.62. The standard InChI is InChI=1S/C21H26N4O2S/c1-13-20(15-9-11-25(13)12-10-15)24-21(27)16-3-5-17(6-4-16)28-19-8-7-18(23-19)22-14(2)26/h3-8,13,15,20,23H,9-12H2,1-2H3,(H,22,26)(H,24,27)/t13-,20+/m1/s1. The molecule has 3 saturated heterocycles. The van der Waals surface area contributed by atoms with Crippen LogP contribution in [-0.2, 0) is 4.79 Å². The summed E-state index contributed by atoms with van der Waals surface area (Å²) in [6, 6.07) is 12.1. The van der Waals surface area contributed by atoms with Gasteiger partial charge in [0.05, 0.1) is 5.03 Å². The largest absolute Gasteiger partial charge is 0.347 e. The molecule has 3 aliphatic heterocycles. The van der Waals surface area contributed by atoms with Crippen molar-refractivity contribution in [2.45, 2.75) is 48.7 Å². The first-order valence-corrected chi connectivity index (χ1v) is 10.6. The second-order valence-corrected chi connectivity index (χ2v) is 8.77. The summed E-state index contributed by atoms with van der Waals surface area (Å²) < 4.78 is 0. The highest BCUT2D eigenvalue weighted by molar-refractivity contribution is 7.99. The summed E-state index contributed by atoms with van der Waals surface area (Å²) in [6.07, 6.45) is 2.36. The molecule has 2 bridgehead atoms. The number of carbonyl (C=O) groups is 2. The van der Waals surface area contributed by atoms with Crippen LogP contribution in [0, 0.1) is 5.92 Å². The van der Waals surface area contributed by atoms with Gasteiger partial charge >= 0.3 is 0 Å². The molecule has 6 nitrogen and oxygen atoms in total. The summed E-state index contributed by atoms with van der Waals surface area (Å²) in [5.74, 6) is 1.18. The number of amides is 2. The molecule has 4 heterocycles. The van der Waals surface area contributed by atoms with Gasteiger partial charge < -0.3 is 15.6 Å². The van der Waals surface area contributed by atoms with E-state index in [2.05, 4.69) is 27.4 Å². The Labute approximate surface area is 169 Å². The van der Waals surface area contributed by atoms with Gasteiger partial charge in [-0.15, -0.1) is 0 Å². The molecule has 7 heteroatoms. The van der Waals surface area contributed by atoms with E-state index in [-0.39, 0.29) is 17.9 Å². The first kappa shape index (κ1) is 19.1. The number of aromatic amines is 1. The van der Waals surface area contributed by atoms with Crippen LogP contribution in [0.25, 0.3) is 0 Å². The van der Waals surface area contributed by atoms with Crippen LogP contribution in [-0.4, -0.2) is 46.9 Å². The maximum absolute atomic E-state index is 12.7. The molecule has 2 aromatic rings. The molecule has 0 saturated carbocycles. The van der Waals surface area contributed by atoms with E-state index < -0.39 is 0 Å². The maximum Gasteiger partial charge on any atom is 0.251 e. The fraction of sp³-hybridized carbons (Fsp3) is 0.429. The van der Waals surface area contributed by atoms with Crippen LogP contribution in [0.15, 0.2) is 46.3 Å². The van der Waals surface area contributed by atoms with Crippen molar-refractivity contribution >= 4 is 29.4 Å². The topological polar surface area (TPSA) is 77.2 Å². The third-order valence-electron chi connectivity index (χ3n) is 5.79. The molecule has 1 aromatic carbocycles. The third-order valence-corrected chi connectivity index (χ3v) is 6.76. The highest BCUT2D eigenvalue weighted by atomic mass is 32.2. The summed E-state index contributed by atoms with van der Waals surface area (Å²) in [5.41, 5.74) is 0.693. The zero-order valence-corrected chi connectivity index (χ0v) is 17.0. The Morgan fingerprint density at radius 3 is 2.46 bits per heavy atom. The van der Waals surface area contributed by atoms with Gasteiger partial charge in [-0.2, -0.15) is 0 Å². The lowest BCUT2D eigenvalue weighted by atomic mass is 9.79. The summed E-state index contributed by atoms with van der Waals surface area (Å²) in [5, 5.41) is 6.93. The molecule has 3 N–H and O–H groups in total. The van der Waals surface area contributed by atoms with Gasteiger partial charge in [0, 0.05) is 29.5 Å². The summed E-state index contributed by atoms with van der Waals surface area (Å²) >= 11 is 1.56. The number of hydrogen-bond donors (Lipinski definition) is 3. The third kappa shape index (κ3) is 4.10. The van der Waals surface area contributed by atoms with E-state index in [9.17, 15) is 9.59 Å². The van der Waals surface area contributed by atoms with Crippen molar-refractivity contribution in [2.75, 3.05) is 18.4 Å². The van der Waals surface area contributed by atoms with E-state index in [0.29, 0.717) is 23.3 Å². The average Bonchev–Trinajstić information content (AvgIpc) is 3.11. The number of H-pyrrole nitrogens is 1. The molecule has 2 amide bonds. The van der Waals surface area contributed by atoms with Gasteiger partial charge in [-0.05, 0) is 75.2 Å². The smallest absolute Gasteiger partial charge is 0.251 e. The van der Waals surface area contributed by atoms with Crippen molar-refractivity contribution in [3.63, 3.8) is 0 Å². The number of fused-ring (bicyclic) bond motifs is 3. The van der Waals surface area contributed by atoms with Gasteiger partial charge in [0.25, 0.3) is 5.91 Å². The number of rotatable bonds is 5. The summed E-state index contributed by atoms with van der Waals surface area (Å²) in [6.45, 7) is 6.02. The van der Waals surface area contributed by atoms with Crippen LogP contribution < -0.4 is 10.6 Å². The Kier molecular flexibility index (Phi) is 5.46. The highest BCUT2D eigenvalue weighted by Gasteiger charge is 2.40. The monoisotopic (exact) mass is 398 g/mol. The zero-order valence-electron chi connectivity index (χ0n) is 16.2. The molecule has 0 aliphatic carbocycles. The van der Waals surface area contributed by atoms with Crippen LogP contribution in [0.3, 0.4) is 0 Å². The fourth-order valence-corrected chi connectivity index (χ4v) is 5.10. The number of carbonyl (C=O) groups excluding carboxylic acids is 2. The number of nitrogens with zero attached hydrogens (tertiary/aromatic N) is 1. The summed E-state index contributed by atoms with van der Waals surface area (Å²) in [7, 11) is 0. The van der Waals surface area contributed by atoms with E-state index in [0.717, 1.165) is 23.0 Å². The van der Waals surface area contributed by atoms with Gasteiger partial charge in [0.2, 0.25) is 5.91 Å². The Morgan fingerprint density at radius 1 is 1.11 bits per heavy atom.